The van der Waals surface area contributed by atoms with E-state index in [1.54, 1.807) is 18.0 Å². The Bertz CT molecular complexity index is 490. The highest BCUT2D eigenvalue weighted by Gasteiger charge is 2.33. The summed E-state index contributed by atoms with van der Waals surface area (Å²) in [7, 11) is 1.67. The second-order valence-corrected chi connectivity index (χ2v) is 4.54. The molecule has 1 saturated heterocycles. The number of rotatable bonds is 4. The summed E-state index contributed by atoms with van der Waals surface area (Å²) in [6.45, 7) is 0.514. The Labute approximate surface area is 114 Å². The number of para-hydroxylation sites is 1. The highest BCUT2D eigenvalue weighted by molar-refractivity contribution is 5.77. The molecule has 1 atom stereocenters. The van der Waals surface area contributed by atoms with Crippen molar-refractivity contribution in [2.24, 2.45) is 0 Å². The van der Waals surface area contributed by atoms with E-state index in [9.17, 15) is 18.0 Å². The quantitative estimate of drug-likeness (QED) is 0.798. The number of halogens is 3. The number of nitrogens with zero attached hydrogens (tertiary/aromatic N) is 1. The Morgan fingerprint density at radius 2 is 2.10 bits per heavy atom. The Morgan fingerprint density at radius 3 is 2.70 bits per heavy atom. The van der Waals surface area contributed by atoms with Gasteiger partial charge in [-0.2, -0.15) is 0 Å². The summed E-state index contributed by atoms with van der Waals surface area (Å²) in [5.74, 6) is -0.597. The molecule has 0 saturated carbocycles. The van der Waals surface area contributed by atoms with E-state index in [2.05, 4.69) is 4.74 Å². The predicted octanol–water partition coefficient (Wildman–Crippen LogP) is 2.33. The van der Waals surface area contributed by atoms with Crippen molar-refractivity contribution in [3.8, 4) is 5.75 Å². The van der Waals surface area contributed by atoms with Crippen molar-refractivity contribution in [3.63, 3.8) is 0 Å². The molecule has 0 spiro atoms. The minimum atomic E-state index is -4.74. The van der Waals surface area contributed by atoms with Gasteiger partial charge in [-0.3, -0.25) is 9.69 Å². The van der Waals surface area contributed by atoms with Gasteiger partial charge in [0.15, 0.2) is 0 Å². The molecule has 1 aromatic rings. The highest BCUT2D eigenvalue weighted by Crippen LogP contribution is 2.27. The molecular weight excluding hydrogens is 275 g/mol. The van der Waals surface area contributed by atoms with E-state index in [0.717, 1.165) is 0 Å². The van der Waals surface area contributed by atoms with Crippen LogP contribution in [0.3, 0.4) is 0 Å². The first-order valence-corrected chi connectivity index (χ1v) is 6.07. The molecule has 4 nitrogen and oxygen atoms in total. The van der Waals surface area contributed by atoms with Gasteiger partial charge in [-0.25, -0.2) is 0 Å². The third kappa shape index (κ3) is 3.63. The van der Waals surface area contributed by atoms with Crippen LogP contribution in [0.2, 0.25) is 0 Å². The van der Waals surface area contributed by atoms with Crippen LogP contribution in [0.25, 0.3) is 0 Å². The maximum absolute atomic E-state index is 12.3. The molecular formula is C13H14F3NO3. The zero-order valence-electron chi connectivity index (χ0n) is 10.8. The second-order valence-electron chi connectivity index (χ2n) is 4.54. The van der Waals surface area contributed by atoms with Crippen molar-refractivity contribution in [3.05, 3.63) is 29.8 Å². The molecule has 1 aromatic carbocycles. The van der Waals surface area contributed by atoms with Crippen LogP contribution in [0, 0.1) is 0 Å². The summed E-state index contributed by atoms with van der Waals surface area (Å²) >= 11 is 0. The molecule has 0 aliphatic carbocycles. The fourth-order valence-corrected chi connectivity index (χ4v) is 2.12. The van der Waals surface area contributed by atoms with Crippen LogP contribution in [0.1, 0.15) is 12.0 Å². The van der Waals surface area contributed by atoms with Crippen LogP contribution >= 0.6 is 0 Å². The molecule has 0 amide bonds. The Kier molecular flexibility index (Phi) is 4.17. The molecule has 1 aliphatic heterocycles. The molecule has 0 radical (unpaired) electrons. The van der Waals surface area contributed by atoms with Gasteiger partial charge >= 0.3 is 12.3 Å². The van der Waals surface area contributed by atoms with Gasteiger partial charge in [0, 0.05) is 18.5 Å². The third-order valence-electron chi connectivity index (χ3n) is 3.06. The average molecular weight is 289 g/mol. The van der Waals surface area contributed by atoms with Gasteiger partial charge in [-0.1, -0.05) is 18.2 Å². The molecule has 1 aliphatic rings. The summed E-state index contributed by atoms with van der Waals surface area (Å²) in [6.07, 6.45) is -4.20. The van der Waals surface area contributed by atoms with Crippen LogP contribution in [-0.4, -0.2) is 36.9 Å². The summed E-state index contributed by atoms with van der Waals surface area (Å²) < 4.78 is 45.8. The van der Waals surface area contributed by atoms with E-state index in [4.69, 9.17) is 4.74 Å². The van der Waals surface area contributed by atoms with E-state index in [1.165, 1.54) is 18.2 Å². The average Bonchev–Trinajstić information content (AvgIpc) is 2.76. The van der Waals surface area contributed by atoms with Crippen LogP contribution in [0.4, 0.5) is 13.2 Å². The Morgan fingerprint density at radius 1 is 1.40 bits per heavy atom. The summed E-state index contributed by atoms with van der Waals surface area (Å²) in [5, 5.41) is 0. The van der Waals surface area contributed by atoms with E-state index < -0.39 is 12.4 Å². The van der Waals surface area contributed by atoms with Crippen LogP contribution in [0.15, 0.2) is 24.3 Å². The monoisotopic (exact) mass is 289 g/mol. The molecule has 1 heterocycles. The number of ether oxygens (including phenoxy) is 2. The lowest BCUT2D eigenvalue weighted by Gasteiger charge is -2.22. The molecule has 0 N–H and O–H groups in total. The fraction of sp³-hybridized carbons (Fsp3) is 0.462. The number of esters is 1. The maximum Gasteiger partial charge on any atom is 0.573 e. The van der Waals surface area contributed by atoms with Crippen LogP contribution < -0.4 is 4.74 Å². The Balaban J connectivity index is 2.10. The number of carbonyl (C=O) groups is 1. The second kappa shape index (κ2) is 5.70. The van der Waals surface area contributed by atoms with Crippen molar-refractivity contribution in [1.82, 2.24) is 4.90 Å². The summed E-state index contributed by atoms with van der Waals surface area (Å²) in [6, 6.07) is 5.46. The minimum absolute atomic E-state index is 0.173. The SMILES string of the molecule is CN(Cc1ccccc1OC(F)(F)F)[C@H]1CCOC1=O. The van der Waals surface area contributed by atoms with Gasteiger partial charge in [0.2, 0.25) is 0 Å². The van der Waals surface area contributed by atoms with Gasteiger partial charge in [-0.15, -0.1) is 13.2 Å². The molecule has 1 fully saturated rings. The smallest absolute Gasteiger partial charge is 0.464 e. The largest absolute Gasteiger partial charge is 0.573 e. The minimum Gasteiger partial charge on any atom is -0.464 e. The lowest BCUT2D eigenvalue weighted by Crippen LogP contribution is -2.35. The van der Waals surface area contributed by atoms with Gasteiger partial charge in [0.25, 0.3) is 0 Å². The van der Waals surface area contributed by atoms with Crippen molar-refractivity contribution >= 4 is 5.97 Å². The van der Waals surface area contributed by atoms with Crippen molar-refractivity contribution in [2.75, 3.05) is 13.7 Å². The van der Waals surface area contributed by atoms with Crippen molar-refractivity contribution in [1.29, 1.82) is 0 Å². The predicted molar refractivity (Wildman–Crippen MR) is 64.0 cm³/mol. The molecule has 2 rings (SSSR count). The first-order chi connectivity index (χ1) is 9.37. The van der Waals surface area contributed by atoms with E-state index in [1.807, 2.05) is 0 Å². The number of carbonyl (C=O) groups excluding carboxylic acids is 1. The van der Waals surface area contributed by atoms with Gasteiger partial charge in [-0.05, 0) is 13.1 Å². The third-order valence-corrected chi connectivity index (χ3v) is 3.06. The number of benzene rings is 1. The molecule has 7 heteroatoms. The first-order valence-electron chi connectivity index (χ1n) is 6.07. The van der Waals surface area contributed by atoms with Gasteiger partial charge in [0.05, 0.1) is 6.61 Å². The molecule has 20 heavy (non-hydrogen) atoms. The normalized spacial score (nSPS) is 19.2. The van der Waals surface area contributed by atoms with E-state index in [0.29, 0.717) is 18.6 Å². The number of hydrogen-bond acceptors (Lipinski definition) is 4. The summed E-state index contributed by atoms with van der Waals surface area (Å²) in [5.41, 5.74) is 0.368. The zero-order chi connectivity index (χ0) is 14.8. The topological polar surface area (TPSA) is 38.8 Å². The standard InChI is InChI=1S/C13H14F3NO3/c1-17(10-6-7-19-12(10)18)8-9-4-2-3-5-11(9)20-13(14,15)16/h2-5,10H,6-8H2,1H3/t10-/m0/s1. The van der Waals surface area contributed by atoms with E-state index >= 15 is 0 Å². The highest BCUT2D eigenvalue weighted by atomic mass is 19.4. The zero-order valence-corrected chi connectivity index (χ0v) is 10.8. The van der Waals surface area contributed by atoms with Crippen LogP contribution in [0.5, 0.6) is 5.75 Å². The van der Waals surface area contributed by atoms with Crippen molar-refractivity contribution < 1.29 is 27.4 Å². The lowest BCUT2D eigenvalue weighted by molar-refractivity contribution is -0.275. The fourth-order valence-electron chi connectivity index (χ4n) is 2.12. The number of hydrogen-bond donors (Lipinski definition) is 0. The molecule has 0 aromatic heterocycles. The maximum atomic E-state index is 12.3. The van der Waals surface area contributed by atoms with Gasteiger partial charge in [0.1, 0.15) is 11.8 Å². The first kappa shape index (κ1) is 14.6. The molecule has 110 valence electrons. The number of likely N-dealkylation sites (N-methyl/N-ethyl adjacent to an activating group) is 1. The summed E-state index contributed by atoms with van der Waals surface area (Å²) in [4.78, 5) is 13.1. The van der Waals surface area contributed by atoms with Crippen molar-refractivity contribution in [2.45, 2.75) is 25.4 Å². The Hall–Kier alpha value is -1.76. The number of alkyl halides is 3. The van der Waals surface area contributed by atoms with Crippen LogP contribution in [-0.2, 0) is 16.1 Å². The molecule has 0 unspecified atom stereocenters. The lowest BCUT2D eigenvalue weighted by atomic mass is 10.1. The molecule has 0 bridgehead atoms. The number of cyclic esters (lactones) is 1. The van der Waals surface area contributed by atoms with Gasteiger partial charge < -0.3 is 9.47 Å². The van der Waals surface area contributed by atoms with E-state index in [-0.39, 0.29) is 18.3 Å².